The lowest BCUT2D eigenvalue weighted by molar-refractivity contribution is -0.133. The Hall–Kier alpha value is -2.73. The number of hydrogen-bond acceptors (Lipinski definition) is 3. The van der Waals surface area contributed by atoms with Crippen molar-refractivity contribution in [3.63, 3.8) is 0 Å². The van der Waals surface area contributed by atoms with E-state index in [0.717, 1.165) is 18.8 Å². The summed E-state index contributed by atoms with van der Waals surface area (Å²) in [5.74, 6) is -0.0750. The fourth-order valence-corrected chi connectivity index (χ4v) is 3.18. The molecule has 0 saturated carbocycles. The molecule has 7 heteroatoms. The molecule has 2 aromatic carbocycles. The Balaban J connectivity index is 1.47. The third-order valence-electron chi connectivity index (χ3n) is 4.53. The Morgan fingerprint density at radius 3 is 2.22 bits per heavy atom. The molecule has 1 heterocycles. The van der Waals surface area contributed by atoms with Crippen LogP contribution in [0.3, 0.4) is 0 Å². The number of rotatable bonds is 4. The van der Waals surface area contributed by atoms with Crippen LogP contribution in [0, 0.1) is 0 Å². The normalized spacial score (nSPS) is 15.2. The van der Waals surface area contributed by atoms with Crippen LogP contribution in [0.1, 0.15) is 6.92 Å². The molecule has 1 fully saturated rings. The van der Waals surface area contributed by atoms with Crippen LogP contribution >= 0.6 is 11.6 Å². The number of hydrogen-bond donors (Lipinski definition) is 2. The highest BCUT2D eigenvalue weighted by molar-refractivity contribution is 6.30. The number of piperazine rings is 1. The summed E-state index contributed by atoms with van der Waals surface area (Å²) in [5.41, 5.74) is 1.78. The SMILES string of the molecule is C[C@@H](NC(=O)Nc1ccc(Cl)cc1)C(=O)N1CCN(c2ccccc2)CC1. The van der Waals surface area contributed by atoms with E-state index in [1.807, 2.05) is 18.2 Å². The van der Waals surface area contributed by atoms with Gasteiger partial charge in [-0.3, -0.25) is 4.79 Å². The zero-order chi connectivity index (χ0) is 19.2. The lowest BCUT2D eigenvalue weighted by Gasteiger charge is -2.37. The molecule has 0 bridgehead atoms. The maximum absolute atomic E-state index is 12.6. The minimum absolute atomic E-state index is 0.0750. The number of amides is 3. The van der Waals surface area contributed by atoms with Crippen molar-refractivity contribution in [1.82, 2.24) is 10.2 Å². The molecule has 0 spiro atoms. The molecule has 0 aromatic heterocycles. The van der Waals surface area contributed by atoms with Crippen molar-refractivity contribution in [3.05, 3.63) is 59.6 Å². The van der Waals surface area contributed by atoms with Crippen molar-refractivity contribution in [3.8, 4) is 0 Å². The molecular formula is C20H23ClN4O2. The van der Waals surface area contributed by atoms with Gasteiger partial charge >= 0.3 is 6.03 Å². The molecule has 6 nitrogen and oxygen atoms in total. The van der Waals surface area contributed by atoms with Gasteiger partial charge in [-0.05, 0) is 43.3 Å². The van der Waals surface area contributed by atoms with Gasteiger partial charge in [0.25, 0.3) is 0 Å². The van der Waals surface area contributed by atoms with Gasteiger partial charge in [0.05, 0.1) is 0 Å². The molecule has 1 saturated heterocycles. The van der Waals surface area contributed by atoms with Crippen LogP contribution in [0.4, 0.5) is 16.2 Å². The Kier molecular flexibility index (Phi) is 6.19. The second-order valence-corrected chi connectivity index (χ2v) is 6.91. The third-order valence-corrected chi connectivity index (χ3v) is 4.78. The van der Waals surface area contributed by atoms with E-state index >= 15 is 0 Å². The quantitative estimate of drug-likeness (QED) is 0.848. The van der Waals surface area contributed by atoms with Crippen LogP contribution in [-0.2, 0) is 4.79 Å². The zero-order valence-electron chi connectivity index (χ0n) is 15.2. The molecule has 1 aliphatic heterocycles. The Bertz CT molecular complexity index is 774. The van der Waals surface area contributed by atoms with E-state index in [-0.39, 0.29) is 5.91 Å². The van der Waals surface area contributed by atoms with Crippen molar-refractivity contribution in [2.75, 3.05) is 36.4 Å². The topological polar surface area (TPSA) is 64.7 Å². The van der Waals surface area contributed by atoms with E-state index in [9.17, 15) is 9.59 Å². The fourth-order valence-electron chi connectivity index (χ4n) is 3.06. The van der Waals surface area contributed by atoms with E-state index in [4.69, 9.17) is 11.6 Å². The fraction of sp³-hybridized carbons (Fsp3) is 0.300. The van der Waals surface area contributed by atoms with Gasteiger partial charge in [-0.1, -0.05) is 29.8 Å². The van der Waals surface area contributed by atoms with Gasteiger partial charge in [0.2, 0.25) is 5.91 Å². The van der Waals surface area contributed by atoms with E-state index in [2.05, 4.69) is 27.7 Å². The standard InChI is InChI=1S/C20H23ClN4O2/c1-15(22-20(27)23-17-9-7-16(21)8-10-17)19(26)25-13-11-24(12-14-25)18-5-3-2-4-6-18/h2-10,15H,11-14H2,1H3,(H2,22,23,27)/t15-/m1/s1. The molecule has 2 N–H and O–H groups in total. The maximum Gasteiger partial charge on any atom is 0.319 e. The molecule has 142 valence electrons. The molecule has 0 radical (unpaired) electrons. The minimum Gasteiger partial charge on any atom is -0.368 e. The highest BCUT2D eigenvalue weighted by Crippen LogP contribution is 2.16. The summed E-state index contributed by atoms with van der Waals surface area (Å²) in [7, 11) is 0. The van der Waals surface area contributed by atoms with Crippen molar-refractivity contribution in [2.24, 2.45) is 0 Å². The van der Waals surface area contributed by atoms with Gasteiger partial charge in [-0.2, -0.15) is 0 Å². The average molecular weight is 387 g/mol. The molecule has 3 rings (SSSR count). The monoisotopic (exact) mass is 386 g/mol. The van der Waals surface area contributed by atoms with Crippen molar-refractivity contribution in [2.45, 2.75) is 13.0 Å². The van der Waals surface area contributed by atoms with Gasteiger partial charge in [0.1, 0.15) is 6.04 Å². The largest absolute Gasteiger partial charge is 0.368 e. The van der Waals surface area contributed by atoms with Crippen LogP contribution in [0.25, 0.3) is 0 Å². The summed E-state index contributed by atoms with van der Waals surface area (Å²) in [6.45, 7) is 4.53. The average Bonchev–Trinajstić information content (AvgIpc) is 2.70. The number of nitrogens with one attached hydrogen (secondary N) is 2. The third kappa shape index (κ3) is 5.14. The zero-order valence-corrected chi connectivity index (χ0v) is 15.9. The van der Waals surface area contributed by atoms with Crippen molar-refractivity contribution < 1.29 is 9.59 Å². The summed E-state index contributed by atoms with van der Waals surface area (Å²) in [6, 6.07) is 15.9. The molecule has 0 aliphatic carbocycles. The maximum atomic E-state index is 12.6. The van der Waals surface area contributed by atoms with Gasteiger partial charge in [-0.15, -0.1) is 0 Å². The van der Waals surface area contributed by atoms with Gasteiger partial charge in [0.15, 0.2) is 0 Å². The molecule has 27 heavy (non-hydrogen) atoms. The molecular weight excluding hydrogens is 364 g/mol. The summed E-state index contributed by atoms with van der Waals surface area (Å²) in [6.07, 6.45) is 0. The first-order valence-electron chi connectivity index (χ1n) is 8.95. The van der Waals surface area contributed by atoms with E-state index in [0.29, 0.717) is 23.8 Å². The van der Waals surface area contributed by atoms with Crippen LogP contribution in [0.2, 0.25) is 5.02 Å². The van der Waals surface area contributed by atoms with Crippen molar-refractivity contribution in [1.29, 1.82) is 0 Å². The Morgan fingerprint density at radius 2 is 1.59 bits per heavy atom. The number of benzene rings is 2. The van der Waals surface area contributed by atoms with Crippen LogP contribution in [-0.4, -0.2) is 49.1 Å². The van der Waals surface area contributed by atoms with E-state index in [1.165, 1.54) is 0 Å². The highest BCUT2D eigenvalue weighted by Gasteiger charge is 2.25. The number of carbonyl (C=O) groups excluding carboxylic acids is 2. The van der Waals surface area contributed by atoms with Crippen LogP contribution < -0.4 is 15.5 Å². The Labute approximate surface area is 164 Å². The summed E-state index contributed by atoms with van der Waals surface area (Å²) in [5, 5.41) is 5.99. The lowest BCUT2D eigenvalue weighted by Crippen LogP contribution is -2.54. The Morgan fingerprint density at radius 1 is 0.963 bits per heavy atom. The predicted molar refractivity (Wildman–Crippen MR) is 108 cm³/mol. The number of urea groups is 1. The van der Waals surface area contributed by atoms with E-state index in [1.54, 1.807) is 36.1 Å². The van der Waals surface area contributed by atoms with Gasteiger partial charge in [-0.25, -0.2) is 4.79 Å². The highest BCUT2D eigenvalue weighted by atomic mass is 35.5. The summed E-state index contributed by atoms with van der Waals surface area (Å²) < 4.78 is 0. The molecule has 0 unspecified atom stereocenters. The van der Waals surface area contributed by atoms with Crippen LogP contribution in [0.5, 0.6) is 0 Å². The second kappa shape index (κ2) is 8.77. The first-order chi connectivity index (χ1) is 13.0. The summed E-state index contributed by atoms with van der Waals surface area (Å²) >= 11 is 5.83. The number of carbonyl (C=O) groups is 2. The van der Waals surface area contributed by atoms with Gasteiger partial charge in [0, 0.05) is 42.6 Å². The smallest absolute Gasteiger partial charge is 0.319 e. The predicted octanol–water partition coefficient (Wildman–Crippen LogP) is 3.20. The summed E-state index contributed by atoms with van der Waals surface area (Å²) in [4.78, 5) is 28.8. The second-order valence-electron chi connectivity index (χ2n) is 6.47. The number of para-hydroxylation sites is 1. The van der Waals surface area contributed by atoms with E-state index < -0.39 is 12.1 Å². The molecule has 3 amide bonds. The number of halogens is 1. The molecule has 2 aromatic rings. The first kappa shape index (κ1) is 19.0. The number of nitrogens with zero attached hydrogens (tertiary/aromatic N) is 2. The van der Waals surface area contributed by atoms with Crippen molar-refractivity contribution >= 4 is 34.9 Å². The van der Waals surface area contributed by atoms with Gasteiger partial charge < -0.3 is 20.4 Å². The number of anilines is 2. The first-order valence-corrected chi connectivity index (χ1v) is 9.32. The minimum atomic E-state index is -0.597. The van der Waals surface area contributed by atoms with Crippen LogP contribution in [0.15, 0.2) is 54.6 Å². The lowest BCUT2D eigenvalue weighted by atomic mass is 10.2. The molecule has 1 atom stereocenters. The molecule has 1 aliphatic rings.